The molecule has 3 heterocycles. The fourth-order valence-electron chi connectivity index (χ4n) is 4.78. The third-order valence-electron chi connectivity index (χ3n) is 6.75. The lowest BCUT2D eigenvalue weighted by atomic mass is 9.88. The summed E-state index contributed by atoms with van der Waals surface area (Å²) in [6.45, 7) is 4.25. The first kappa shape index (κ1) is 23.3. The van der Waals surface area contributed by atoms with Crippen LogP contribution in [0.15, 0.2) is 60.8 Å². The number of nitrogens with zero attached hydrogens (tertiary/aromatic N) is 2. The molecule has 8 nitrogen and oxygen atoms in total. The number of carbonyl (C=O) groups excluding carboxylic acids is 3. The van der Waals surface area contributed by atoms with E-state index in [0.717, 1.165) is 27.9 Å². The van der Waals surface area contributed by atoms with Crippen LogP contribution in [0.3, 0.4) is 0 Å². The van der Waals surface area contributed by atoms with Gasteiger partial charge in [0.15, 0.2) is 5.54 Å². The zero-order chi connectivity index (χ0) is 25.4. The van der Waals surface area contributed by atoms with Crippen LogP contribution in [0.25, 0.3) is 17.2 Å². The first-order valence-corrected chi connectivity index (χ1v) is 11.6. The van der Waals surface area contributed by atoms with Gasteiger partial charge in [-0.2, -0.15) is 0 Å². The number of pyridine rings is 1. The molecule has 182 valence electrons. The van der Waals surface area contributed by atoms with E-state index in [2.05, 4.69) is 21.7 Å². The Labute approximate surface area is 209 Å². The predicted molar refractivity (Wildman–Crippen MR) is 135 cm³/mol. The van der Waals surface area contributed by atoms with Gasteiger partial charge >= 0.3 is 6.03 Å². The highest BCUT2D eigenvalue weighted by molar-refractivity contribution is 6.08. The van der Waals surface area contributed by atoms with Gasteiger partial charge in [0.2, 0.25) is 0 Å². The highest BCUT2D eigenvalue weighted by Gasteiger charge is 2.50. The second kappa shape index (κ2) is 8.96. The molecule has 0 bridgehead atoms. The largest absolute Gasteiger partial charge is 0.497 e. The SMILES string of the molecule is C/C=C\c1cc(-c2ccc([C@@]3(CN4Cc5ccc(OC)cc5C4=O)NC(=O)NC3=O)cc2)cnc1C. The van der Waals surface area contributed by atoms with E-state index in [1.165, 1.54) is 0 Å². The smallest absolute Gasteiger partial charge is 0.322 e. The number of allylic oxidation sites excluding steroid dienone is 1. The van der Waals surface area contributed by atoms with Crippen molar-refractivity contribution in [3.05, 3.63) is 88.8 Å². The van der Waals surface area contributed by atoms with Crippen molar-refractivity contribution in [3.63, 3.8) is 0 Å². The quantitative estimate of drug-likeness (QED) is 0.521. The van der Waals surface area contributed by atoms with Crippen LogP contribution in [0.2, 0.25) is 0 Å². The van der Waals surface area contributed by atoms with Gasteiger partial charge in [0, 0.05) is 29.6 Å². The first-order valence-electron chi connectivity index (χ1n) is 11.6. The fourth-order valence-corrected chi connectivity index (χ4v) is 4.78. The maximum atomic E-state index is 13.2. The van der Waals surface area contributed by atoms with Crippen LogP contribution < -0.4 is 15.4 Å². The van der Waals surface area contributed by atoms with Crippen LogP contribution in [0.1, 0.15) is 39.7 Å². The summed E-state index contributed by atoms with van der Waals surface area (Å²) >= 11 is 0. The van der Waals surface area contributed by atoms with E-state index in [-0.39, 0.29) is 12.5 Å². The van der Waals surface area contributed by atoms with Gasteiger partial charge in [0.1, 0.15) is 5.75 Å². The molecule has 3 aromatic rings. The van der Waals surface area contributed by atoms with E-state index < -0.39 is 17.5 Å². The lowest BCUT2D eigenvalue weighted by Crippen LogP contribution is -2.52. The van der Waals surface area contributed by atoms with Crippen molar-refractivity contribution < 1.29 is 19.1 Å². The first-order chi connectivity index (χ1) is 17.3. The summed E-state index contributed by atoms with van der Waals surface area (Å²) in [7, 11) is 1.55. The van der Waals surface area contributed by atoms with Gasteiger partial charge < -0.3 is 15.0 Å². The number of amides is 4. The Morgan fingerprint density at radius 3 is 2.53 bits per heavy atom. The molecule has 4 amide bonds. The topological polar surface area (TPSA) is 101 Å². The van der Waals surface area contributed by atoms with Gasteiger partial charge in [0.05, 0.1) is 13.7 Å². The number of aryl methyl sites for hydroxylation is 1. The number of carbonyl (C=O) groups is 3. The number of nitrogens with one attached hydrogen (secondary N) is 2. The molecule has 36 heavy (non-hydrogen) atoms. The Balaban J connectivity index is 1.47. The molecule has 2 aromatic carbocycles. The molecule has 2 N–H and O–H groups in total. The molecule has 5 rings (SSSR count). The Kier molecular flexibility index (Phi) is 5.80. The maximum Gasteiger partial charge on any atom is 0.322 e. The number of rotatable bonds is 6. The van der Waals surface area contributed by atoms with E-state index >= 15 is 0 Å². The Bertz CT molecular complexity index is 1410. The second-order valence-corrected chi connectivity index (χ2v) is 8.97. The van der Waals surface area contributed by atoms with Crippen molar-refractivity contribution in [1.82, 2.24) is 20.5 Å². The van der Waals surface area contributed by atoms with Crippen molar-refractivity contribution in [2.24, 2.45) is 0 Å². The van der Waals surface area contributed by atoms with Gasteiger partial charge in [0.25, 0.3) is 11.8 Å². The number of benzene rings is 2. The van der Waals surface area contributed by atoms with Crippen LogP contribution in [0, 0.1) is 6.92 Å². The standard InChI is InChI=1S/C28H26N4O4/c1-4-5-19-12-21(14-29-17(19)2)18-6-9-22(10-7-18)28(26(34)30-27(35)31-28)16-32-15-20-8-11-23(36-3)13-24(20)25(32)33/h4-14H,15-16H2,1-3H3,(H2,30,31,34,35)/b5-4-/t28-/m1/s1. The van der Waals surface area contributed by atoms with E-state index in [9.17, 15) is 14.4 Å². The second-order valence-electron chi connectivity index (χ2n) is 8.97. The lowest BCUT2D eigenvalue weighted by Gasteiger charge is -2.31. The molecule has 1 saturated heterocycles. The van der Waals surface area contributed by atoms with Gasteiger partial charge in [-0.05, 0) is 54.3 Å². The average molecular weight is 483 g/mol. The van der Waals surface area contributed by atoms with Crippen LogP contribution in [-0.2, 0) is 16.9 Å². The fraction of sp³-hybridized carbons (Fsp3) is 0.214. The number of fused-ring (bicyclic) bond motifs is 1. The van der Waals surface area contributed by atoms with Crippen molar-refractivity contribution in [2.75, 3.05) is 13.7 Å². The monoisotopic (exact) mass is 482 g/mol. The summed E-state index contributed by atoms with van der Waals surface area (Å²) in [6, 6.07) is 14.2. The summed E-state index contributed by atoms with van der Waals surface area (Å²) in [4.78, 5) is 44.6. The zero-order valence-electron chi connectivity index (χ0n) is 20.3. The number of aromatic nitrogens is 1. The Morgan fingerprint density at radius 1 is 1.08 bits per heavy atom. The normalized spacial score (nSPS) is 19.0. The molecule has 1 atom stereocenters. The van der Waals surface area contributed by atoms with Gasteiger partial charge in [-0.25, -0.2) is 4.79 Å². The molecule has 2 aliphatic rings. The summed E-state index contributed by atoms with van der Waals surface area (Å²) in [5.41, 5.74) is 4.40. The summed E-state index contributed by atoms with van der Waals surface area (Å²) < 4.78 is 5.25. The number of methoxy groups -OCH3 is 1. The van der Waals surface area contributed by atoms with Crippen LogP contribution in [-0.4, -0.2) is 41.4 Å². The van der Waals surface area contributed by atoms with Crippen LogP contribution >= 0.6 is 0 Å². The minimum Gasteiger partial charge on any atom is -0.497 e. The van der Waals surface area contributed by atoms with Crippen molar-refractivity contribution >= 4 is 23.9 Å². The molecule has 2 aliphatic heterocycles. The molecule has 8 heteroatoms. The third-order valence-corrected chi connectivity index (χ3v) is 6.75. The molecular formula is C28H26N4O4. The van der Waals surface area contributed by atoms with Crippen molar-refractivity contribution in [1.29, 1.82) is 0 Å². The van der Waals surface area contributed by atoms with E-state index in [4.69, 9.17) is 4.74 Å². The highest BCUT2D eigenvalue weighted by atomic mass is 16.5. The zero-order valence-corrected chi connectivity index (χ0v) is 20.3. The van der Waals surface area contributed by atoms with Crippen LogP contribution in [0.5, 0.6) is 5.75 Å². The molecule has 0 spiro atoms. The number of imide groups is 1. The average Bonchev–Trinajstić information content (AvgIpc) is 3.35. The van der Waals surface area contributed by atoms with Crippen LogP contribution in [0.4, 0.5) is 4.79 Å². The van der Waals surface area contributed by atoms with Gasteiger partial charge in [-0.3, -0.25) is 19.9 Å². The number of hydrogen-bond acceptors (Lipinski definition) is 5. The minimum atomic E-state index is -1.40. The number of hydrogen-bond donors (Lipinski definition) is 2. The summed E-state index contributed by atoms with van der Waals surface area (Å²) in [6.07, 6.45) is 5.79. The lowest BCUT2D eigenvalue weighted by molar-refractivity contribution is -0.124. The molecule has 0 radical (unpaired) electrons. The summed E-state index contributed by atoms with van der Waals surface area (Å²) in [5.74, 6) is -0.116. The Morgan fingerprint density at radius 2 is 1.86 bits per heavy atom. The van der Waals surface area contributed by atoms with E-state index in [1.54, 1.807) is 24.1 Å². The minimum absolute atomic E-state index is 0.00270. The summed E-state index contributed by atoms with van der Waals surface area (Å²) in [5, 5.41) is 5.13. The van der Waals surface area contributed by atoms with Crippen molar-refractivity contribution in [2.45, 2.75) is 25.9 Å². The molecule has 0 aliphatic carbocycles. The Hall–Kier alpha value is -4.46. The van der Waals surface area contributed by atoms with Gasteiger partial charge in [-0.15, -0.1) is 0 Å². The van der Waals surface area contributed by atoms with E-state index in [1.807, 2.05) is 62.5 Å². The molecule has 1 aromatic heterocycles. The van der Waals surface area contributed by atoms with E-state index in [0.29, 0.717) is 23.4 Å². The maximum absolute atomic E-state index is 13.2. The molecule has 0 saturated carbocycles. The van der Waals surface area contributed by atoms with Crippen molar-refractivity contribution in [3.8, 4) is 16.9 Å². The third kappa shape index (κ3) is 3.90. The molecule has 0 unspecified atom stereocenters. The highest BCUT2D eigenvalue weighted by Crippen LogP contribution is 2.33. The number of urea groups is 1. The predicted octanol–water partition coefficient (Wildman–Crippen LogP) is 3.79. The van der Waals surface area contributed by atoms with Gasteiger partial charge in [-0.1, -0.05) is 42.5 Å². The molecule has 1 fully saturated rings. The molecular weight excluding hydrogens is 456 g/mol. The number of ether oxygens (including phenoxy) is 1.